The van der Waals surface area contributed by atoms with Crippen LogP contribution in [-0.2, 0) is 4.43 Å². The van der Waals surface area contributed by atoms with E-state index in [0.717, 1.165) is 19.3 Å². The Morgan fingerprint density at radius 1 is 1.44 bits per heavy atom. The highest BCUT2D eigenvalue weighted by Gasteiger charge is 2.46. The Hall–Kier alpha value is -0.123. The molecule has 3 atom stereocenters. The Balaban J connectivity index is 2.70. The van der Waals surface area contributed by atoms with Crippen molar-refractivity contribution < 1.29 is 9.53 Å². The molecule has 0 bridgehead atoms. The van der Waals surface area contributed by atoms with Crippen LogP contribution in [0.4, 0.5) is 0 Å². The molecule has 3 heteroatoms. The van der Waals surface area contributed by atoms with Gasteiger partial charge in [0.2, 0.25) is 0 Å². The van der Waals surface area contributed by atoms with Crippen molar-refractivity contribution in [3.63, 3.8) is 0 Å². The molecule has 0 aromatic rings. The van der Waals surface area contributed by atoms with E-state index in [1.165, 1.54) is 0 Å². The minimum absolute atomic E-state index is 0.214. The highest BCUT2D eigenvalue weighted by molar-refractivity contribution is 6.74. The van der Waals surface area contributed by atoms with Crippen molar-refractivity contribution in [2.45, 2.75) is 76.8 Å². The first-order valence-electron chi connectivity index (χ1n) is 7.01. The summed E-state index contributed by atoms with van der Waals surface area (Å²) < 4.78 is 6.42. The standard InChI is InChI=1S/C15H30O2Si/c1-8-9-12-10-13(11-15(12,5)16)17-18(6,7)14(2,3)4/h8,12-13,16H,1,9-11H2,2-7H3/t12-,13+,15+/m1/s1. The van der Waals surface area contributed by atoms with Crippen LogP contribution in [0.3, 0.4) is 0 Å². The second-order valence-corrected chi connectivity index (χ2v) is 12.3. The zero-order chi connectivity index (χ0) is 14.2. The molecule has 0 unspecified atom stereocenters. The van der Waals surface area contributed by atoms with Crippen LogP contribution in [0.25, 0.3) is 0 Å². The third-order valence-electron chi connectivity index (χ3n) is 4.79. The van der Waals surface area contributed by atoms with Crippen LogP contribution in [0.1, 0.15) is 47.0 Å². The Labute approximate surface area is 114 Å². The maximum Gasteiger partial charge on any atom is 0.192 e. The minimum atomic E-state index is -1.72. The quantitative estimate of drug-likeness (QED) is 0.615. The molecule has 0 aromatic heterocycles. The lowest BCUT2D eigenvalue weighted by Gasteiger charge is -2.38. The molecule has 1 aliphatic rings. The molecular weight excluding hydrogens is 240 g/mol. The lowest BCUT2D eigenvalue weighted by atomic mass is 9.90. The van der Waals surface area contributed by atoms with Crippen LogP contribution in [-0.4, -0.2) is 25.1 Å². The molecule has 1 aliphatic carbocycles. The van der Waals surface area contributed by atoms with Crippen molar-refractivity contribution in [3.05, 3.63) is 12.7 Å². The molecule has 1 N–H and O–H groups in total. The van der Waals surface area contributed by atoms with Crippen molar-refractivity contribution in [2.75, 3.05) is 0 Å². The van der Waals surface area contributed by atoms with E-state index in [9.17, 15) is 5.11 Å². The molecule has 0 aromatic carbocycles. The van der Waals surface area contributed by atoms with Crippen LogP contribution in [0.2, 0.25) is 18.1 Å². The predicted octanol–water partition coefficient (Wildman–Crippen LogP) is 4.11. The van der Waals surface area contributed by atoms with Gasteiger partial charge in [-0.05, 0) is 43.8 Å². The monoisotopic (exact) mass is 270 g/mol. The molecule has 0 heterocycles. The second-order valence-electron chi connectivity index (χ2n) is 7.52. The van der Waals surface area contributed by atoms with Gasteiger partial charge in [-0.15, -0.1) is 6.58 Å². The summed E-state index contributed by atoms with van der Waals surface area (Å²) in [6, 6.07) is 0. The number of allylic oxidation sites excluding steroid dienone is 1. The first-order valence-corrected chi connectivity index (χ1v) is 9.91. The van der Waals surface area contributed by atoms with Gasteiger partial charge in [0.05, 0.1) is 5.60 Å². The summed E-state index contributed by atoms with van der Waals surface area (Å²) in [7, 11) is -1.72. The smallest absolute Gasteiger partial charge is 0.192 e. The van der Waals surface area contributed by atoms with Crippen LogP contribution >= 0.6 is 0 Å². The molecule has 0 amide bonds. The fraction of sp³-hybridized carbons (Fsp3) is 0.867. The third kappa shape index (κ3) is 3.46. The first-order chi connectivity index (χ1) is 7.99. The van der Waals surface area contributed by atoms with E-state index in [1.807, 2.05) is 13.0 Å². The molecule has 1 rings (SSSR count). The number of rotatable bonds is 4. The van der Waals surface area contributed by atoms with Gasteiger partial charge in [0.25, 0.3) is 0 Å². The molecule has 1 fully saturated rings. The van der Waals surface area contributed by atoms with Gasteiger partial charge in [-0.25, -0.2) is 0 Å². The summed E-state index contributed by atoms with van der Waals surface area (Å²) in [6.45, 7) is 17.1. The van der Waals surface area contributed by atoms with Crippen LogP contribution < -0.4 is 0 Å². The van der Waals surface area contributed by atoms with Crippen LogP contribution in [0, 0.1) is 5.92 Å². The van der Waals surface area contributed by atoms with E-state index in [1.54, 1.807) is 0 Å². The molecule has 0 aliphatic heterocycles. The normalized spacial score (nSPS) is 33.7. The molecule has 0 saturated heterocycles. The molecule has 106 valence electrons. The maximum absolute atomic E-state index is 10.4. The molecule has 18 heavy (non-hydrogen) atoms. The van der Waals surface area contributed by atoms with Crippen molar-refractivity contribution in [2.24, 2.45) is 5.92 Å². The van der Waals surface area contributed by atoms with Gasteiger partial charge in [0.15, 0.2) is 8.32 Å². The zero-order valence-electron chi connectivity index (χ0n) is 12.9. The Bertz CT molecular complexity index is 302. The summed E-state index contributed by atoms with van der Waals surface area (Å²) in [5, 5.41) is 10.7. The Morgan fingerprint density at radius 3 is 2.44 bits per heavy atom. The zero-order valence-corrected chi connectivity index (χ0v) is 13.9. The van der Waals surface area contributed by atoms with Crippen LogP contribution in [0.15, 0.2) is 12.7 Å². The number of hydrogen-bond donors (Lipinski definition) is 1. The van der Waals surface area contributed by atoms with Gasteiger partial charge < -0.3 is 9.53 Å². The van der Waals surface area contributed by atoms with Gasteiger partial charge in [-0.3, -0.25) is 0 Å². The van der Waals surface area contributed by atoms with Gasteiger partial charge >= 0.3 is 0 Å². The third-order valence-corrected chi connectivity index (χ3v) is 9.32. The average molecular weight is 270 g/mol. The lowest BCUT2D eigenvalue weighted by molar-refractivity contribution is 0.0165. The first kappa shape index (κ1) is 15.9. The fourth-order valence-corrected chi connectivity index (χ4v) is 3.88. The summed E-state index contributed by atoms with van der Waals surface area (Å²) in [6.07, 6.45) is 4.73. The van der Waals surface area contributed by atoms with Gasteiger partial charge in [0.1, 0.15) is 0 Å². The number of hydrogen-bond acceptors (Lipinski definition) is 2. The highest BCUT2D eigenvalue weighted by Crippen LogP contribution is 2.44. The van der Waals surface area contributed by atoms with E-state index in [0.29, 0.717) is 5.92 Å². The van der Waals surface area contributed by atoms with E-state index in [-0.39, 0.29) is 11.1 Å². The summed E-state index contributed by atoms with van der Waals surface area (Å²) >= 11 is 0. The van der Waals surface area contributed by atoms with Gasteiger partial charge in [-0.2, -0.15) is 0 Å². The van der Waals surface area contributed by atoms with Crippen molar-refractivity contribution >= 4 is 8.32 Å². The molecule has 1 saturated carbocycles. The van der Waals surface area contributed by atoms with Crippen molar-refractivity contribution in [1.82, 2.24) is 0 Å². The average Bonchev–Trinajstić information content (AvgIpc) is 2.38. The van der Waals surface area contributed by atoms with E-state index in [4.69, 9.17) is 4.43 Å². The Morgan fingerprint density at radius 2 is 2.00 bits per heavy atom. The van der Waals surface area contributed by atoms with Crippen LogP contribution in [0.5, 0.6) is 0 Å². The largest absolute Gasteiger partial charge is 0.414 e. The van der Waals surface area contributed by atoms with E-state index in [2.05, 4.69) is 40.4 Å². The molecule has 2 nitrogen and oxygen atoms in total. The second kappa shape index (κ2) is 5.10. The van der Waals surface area contributed by atoms with Gasteiger partial charge in [-0.1, -0.05) is 26.8 Å². The topological polar surface area (TPSA) is 29.5 Å². The molecule has 0 radical (unpaired) electrons. The molecular formula is C15H30O2Si. The highest BCUT2D eigenvalue weighted by atomic mass is 28.4. The van der Waals surface area contributed by atoms with Crippen molar-refractivity contribution in [3.8, 4) is 0 Å². The number of aliphatic hydroxyl groups is 1. The van der Waals surface area contributed by atoms with E-state index < -0.39 is 13.9 Å². The lowest BCUT2D eigenvalue weighted by Crippen LogP contribution is -2.43. The SMILES string of the molecule is C=CC[C@@H]1C[C@H](O[Si](C)(C)C(C)(C)C)C[C@]1(C)O. The minimum Gasteiger partial charge on any atom is -0.414 e. The summed E-state index contributed by atoms with van der Waals surface area (Å²) in [5.41, 5.74) is -0.596. The molecule has 0 spiro atoms. The summed E-state index contributed by atoms with van der Waals surface area (Å²) in [5.74, 6) is 0.296. The van der Waals surface area contributed by atoms with Crippen molar-refractivity contribution in [1.29, 1.82) is 0 Å². The van der Waals surface area contributed by atoms with E-state index >= 15 is 0 Å². The summed E-state index contributed by atoms with van der Waals surface area (Å²) in [4.78, 5) is 0. The fourth-order valence-electron chi connectivity index (χ4n) is 2.52. The van der Waals surface area contributed by atoms with Gasteiger partial charge in [0, 0.05) is 12.5 Å². The Kier molecular flexibility index (Phi) is 4.52. The predicted molar refractivity (Wildman–Crippen MR) is 80.2 cm³/mol. The maximum atomic E-state index is 10.4.